The number of hydrogen-bond acceptors (Lipinski definition) is 8. The third-order valence-electron chi connectivity index (χ3n) is 6.12. The number of carbonyl (C=O) groups is 1. The highest BCUT2D eigenvalue weighted by Gasteiger charge is 2.54. The second-order valence-corrected chi connectivity index (χ2v) is 11.3. The standard InChI is InChI=1S/C18H19F2N7O3S2/c1-10(28)24-17-21-7-14(31-17)32(29,30)26-5-4-18(2-3-18)11(8-26)13-6-12(15(19)20)25-16-22-9-23-27(13)16/h6-7,9,11,15H,2-5,8H2,1H3,(H,21,24,28). The van der Waals surface area contributed by atoms with E-state index < -0.39 is 22.1 Å². The van der Waals surface area contributed by atoms with Gasteiger partial charge in [-0.15, -0.1) is 0 Å². The molecule has 10 nitrogen and oxygen atoms in total. The van der Waals surface area contributed by atoms with Crippen molar-refractivity contribution in [3.05, 3.63) is 30.0 Å². The van der Waals surface area contributed by atoms with Crippen LogP contribution < -0.4 is 5.32 Å². The summed E-state index contributed by atoms with van der Waals surface area (Å²) in [5.41, 5.74) is -0.0668. The Morgan fingerprint density at radius 3 is 2.78 bits per heavy atom. The van der Waals surface area contributed by atoms with Gasteiger partial charge in [0.25, 0.3) is 22.2 Å². The Morgan fingerprint density at radius 2 is 2.09 bits per heavy atom. The molecule has 1 atom stereocenters. The highest BCUT2D eigenvalue weighted by atomic mass is 32.2. The molecule has 1 saturated carbocycles. The number of nitrogens with zero attached hydrogens (tertiary/aromatic N) is 6. The van der Waals surface area contributed by atoms with Crippen LogP contribution in [0.25, 0.3) is 5.78 Å². The number of piperidine rings is 1. The zero-order valence-corrected chi connectivity index (χ0v) is 18.5. The first kappa shape index (κ1) is 21.3. The summed E-state index contributed by atoms with van der Waals surface area (Å²) in [6.45, 7) is 1.75. The van der Waals surface area contributed by atoms with E-state index in [9.17, 15) is 22.0 Å². The van der Waals surface area contributed by atoms with Crippen molar-refractivity contribution in [3.63, 3.8) is 0 Å². The molecule has 32 heavy (non-hydrogen) atoms. The molecule has 2 aliphatic rings. The number of hydrogen-bond donors (Lipinski definition) is 1. The van der Waals surface area contributed by atoms with Gasteiger partial charge < -0.3 is 5.32 Å². The van der Waals surface area contributed by atoms with Gasteiger partial charge in [0.05, 0.1) is 11.9 Å². The lowest BCUT2D eigenvalue weighted by Gasteiger charge is -2.38. The molecule has 1 saturated heterocycles. The Morgan fingerprint density at radius 1 is 1.31 bits per heavy atom. The van der Waals surface area contributed by atoms with E-state index in [0.717, 1.165) is 24.2 Å². The van der Waals surface area contributed by atoms with Gasteiger partial charge in [-0.25, -0.2) is 31.7 Å². The minimum Gasteiger partial charge on any atom is -0.302 e. The molecule has 1 N–H and O–H groups in total. The minimum atomic E-state index is -3.88. The lowest BCUT2D eigenvalue weighted by atomic mass is 9.80. The zero-order valence-electron chi connectivity index (χ0n) is 16.9. The Bertz CT molecular complexity index is 1300. The molecule has 1 unspecified atom stereocenters. The van der Waals surface area contributed by atoms with Crippen LogP contribution in [0.1, 0.15) is 49.9 Å². The summed E-state index contributed by atoms with van der Waals surface area (Å²) in [4.78, 5) is 23.0. The molecule has 2 fully saturated rings. The number of rotatable bonds is 5. The highest BCUT2D eigenvalue weighted by molar-refractivity contribution is 7.91. The van der Waals surface area contributed by atoms with Gasteiger partial charge in [-0.2, -0.15) is 14.4 Å². The first-order valence-electron chi connectivity index (χ1n) is 9.92. The topological polar surface area (TPSA) is 122 Å². The van der Waals surface area contributed by atoms with Crippen molar-refractivity contribution in [1.82, 2.24) is 28.9 Å². The van der Waals surface area contributed by atoms with Crippen LogP contribution in [-0.4, -0.2) is 56.3 Å². The fourth-order valence-corrected chi connectivity index (χ4v) is 7.01. The van der Waals surface area contributed by atoms with Crippen LogP contribution in [0, 0.1) is 5.41 Å². The van der Waals surface area contributed by atoms with Crippen LogP contribution in [0.15, 0.2) is 22.8 Å². The number of halogens is 2. The van der Waals surface area contributed by atoms with Gasteiger partial charge in [0.1, 0.15) is 12.0 Å². The summed E-state index contributed by atoms with van der Waals surface area (Å²) in [6.07, 6.45) is 2.08. The molecule has 0 radical (unpaired) electrons. The van der Waals surface area contributed by atoms with E-state index in [1.54, 1.807) is 0 Å². The molecule has 1 aliphatic heterocycles. The van der Waals surface area contributed by atoms with Gasteiger partial charge in [-0.1, -0.05) is 11.3 Å². The van der Waals surface area contributed by atoms with E-state index in [-0.39, 0.29) is 38.9 Å². The average molecular weight is 484 g/mol. The molecule has 170 valence electrons. The molecule has 3 aromatic heterocycles. The second kappa shape index (κ2) is 7.49. The van der Waals surface area contributed by atoms with Crippen molar-refractivity contribution in [2.45, 2.75) is 42.7 Å². The molecular weight excluding hydrogens is 464 g/mol. The van der Waals surface area contributed by atoms with Gasteiger partial charge in [0, 0.05) is 25.9 Å². The van der Waals surface area contributed by atoms with Crippen molar-refractivity contribution in [2.75, 3.05) is 18.4 Å². The number of anilines is 1. The summed E-state index contributed by atoms with van der Waals surface area (Å²) in [5.74, 6) is -0.615. The molecule has 1 amide bonds. The fourth-order valence-electron chi connectivity index (χ4n) is 4.32. The highest BCUT2D eigenvalue weighted by Crippen LogP contribution is 2.61. The largest absolute Gasteiger partial charge is 0.302 e. The summed E-state index contributed by atoms with van der Waals surface area (Å²) in [7, 11) is -3.88. The summed E-state index contributed by atoms with van der Waals surface area (Å²) in [6, 6.07) is 1.31. The molecule has 4 heterocycles. The molecule has 0 bridgehead atoms. The quantitative estimate of drug-likeness (QED) is 0.591. The van der Waals surface area contributed by atoms with Crippen LogP contribution >= 0.6 is 11.3 Å². The monoisotopic (exact) mass is 483 g/mol. The van der Waals surface area contributed by atoms with Crippen molar-refractivity contribution in [3.8, 4) is 0 Å². The summed E-state index contributed by atoms with van der Waals surface area (Å²) >= 11 is 0.875. The van der Waals surface area contributed by atoms with Gasteiger partial charge >= 0.3 is 0 Å². The first-order valence-corrected chi connectivity index (χ1v) is 12.2. The van der Waals surface area contributed by atoms with Gasteiger partial charge in [0.15, 0.2) is 9.34 Å². The maximum absolute atomic E-state index is 13.5. The van der Waals surface area contributed by atoms with E-state index in [4.69, 9.17) is 0 Å². The van der Waals surface area contributed by atoms with Crippen molar-refractivity contribution >= 4 is 38.2 Å². The molecule has 0 aromatic carbocycles. The lowest BCUT2D eigenvalue weighted by Crippen LogP contribution is -2.44. The summed E-state index contributed by atoms with van der Waals surface area (Å²) in [5, 5.41) is 6.82. The number of carbonyl (C=O) groups excluding carboxylic acids is 1. The molecular formula is C18H19F2N7O3S2. The Balaban J connectivity index is 1.51. The van der Waals surface area contributed by atoms with Crippen LogP contribution in [-0.2, 0) is 14.8 Å². The van der Waals surface area contributed by atoms with E-state index in [1.807, 2.05) is 0 Å². The minimum absolute atomic E-state index is 0.0145. The Labute approximate surface area is 185 Å². The number of alkyl halides is 2. The third-order valence-corrected chi connectivity index (χ3v) is 9.33. The van der Waals surface area contributed by atoms with Crippen molar-refractivity contribution < 1.29 is 22.0 Å². The van der Waals surface area contributed by atoms with Crippen LogP contribution in [0.3, 0.4) is 0 Å². The Kier molecular flexibility index (Phi) is 4.98. The predicted molar refractivity (Wildman–Crippen MR) is 110 cm³/mol. The lowest BCUT2D eigenvalue weighted by molar-refractivity contribution is -0.114. The van der Waals surface area contributed by atoms with Gasteiger partial charge in [-0.05, 0) is 30.7 Å². The van der Waals surface area contributed by atoms with Crippen molar-refractivity contribution in [2.24, 2.45) is 5.41 Å². The smallest absolute Gasteiger partial charge is 0.280 e. The first-order chi connectivity index (χ1) is 15.2. The molecule has 3 aromatic rings. The SMILES string of the molecule is CC(=O)Nc1ncc(S(=O)(=O)N2CCC3(CC3)C(c3cc(C(F)F)nc4ncnn34)C2)s1. The number of amides is 1. The second-order valence-electron chi connectivity index (χ2n) is 8.07. The van der Waals surface area contributed by atoms with Crippen molar-refractivity contribution in [1.29, 1.82) is 0 Å². The maximum Gasteiger partial charge on any atom is 0.280 e. The van der Waals surface area contributed by atoms with Gasteiger partial charge in [-0.3, -0.25) is 4.79 Å². The van der Waals surface area contributed by atoms with E-state index >= 15 is 0 Å². The number of fused-ring (bicyclic) bond motifs is 1. The number of sulfonamides is 1. The van der Waals surface area contributed by atoms with Crippen LogP contribution in [0.2, 0.25) is 0 Å². The van der Waals surface area contributed by atoms with E-state index in [0.29, 0.717) is 18.7 Å². The van der Waals surface area contributed by atoms with Crippen LogP contribution in [0.4, 0.5) is 13.9 Å². The molecule has 1 spiro atoms. The average Bonchev–Trinajstić information content (AvgIpc) is 3.14. The third kappa shape index (κ3) is 3.55. The normalized spacial score (nSPS) is 20.8. The molecule has 5 rings (SSSR count). The number of aromatic nitrogens is 5. The predicted octanol–water partition coefficient (Wildman–Crippen LogP) is 2.44. The Hall–Kier alpha value is -2.58. The fraction of sp³-hybridized carbons (Fsp3) is 0.500. The number of thiazole rings is 1. The zero-order chi connectivity index (χ0) is 22.7. The maximum atomic E-state index is 13.5. The number of nitrogens with one attached hydrogen (secondary N) is 1. The van der Waals surface area contributed by atoms with Gasteiger partial charge in [0.2, 0.25) is 5.91 Å². The summed E-state index contributed by atoms with van der Waals surface area (Å²) < 4.78 is 56.3. The molecule has 1 aliphatic carbocycles. The van der Waals surface area contributed by atoms with E-state index in [2.05, 4.69) is 25.4 Å². The van der Waals surface area contributed by atoms with E-state index in [1.165, 1.54) is 34.3 Å². The van der Waals surface area contributed by atoms with Crippen LogP contribution in [0.5, 0.6) is 0 Å². The molecule has 14 heteroatoms.